The average Bonchev–Trinajstić information content (AvgIpc) is 2.61. The maximum atomic E-state index is 10.5. The molecule has 3 atom stereocenters. The van der Waals surface area contributed by atoms with Gasteiger partial charge in [0.25, 0.3) is 0 Å². The van der Waals surface area contributed by atoms with E-state index in [4.69, 9.17) is 14.2 Å². The number of hydrogen-bond donors (Lipinski definition) is 5. The quantitative estimate of drug-likeness (QED) is 0.525. The van der Waals surface area contributed by atoms with Gasteiger partial charge in [0.1, 0.15) is 29.5 Å². The number of phenols is 3. The van der Waals surface area contributed by atoms with Crippen molar-refractivity contribution in [1.82, 2.24) is 0 Å². The Labute approximate surface area is 143 Å². The third-order valence-corrected chi connectivity index (χ3v) is 4.14. The van der Waals surface area contributed by atoms with Crippen LogP contribution in [0.5, 0.6) is 34.5 Å². The molecular formula is C17H18O8. The van der Waals surface area contributed by atoms with Gasteiger partial charge in [0.2, 0.25) is 0 Å². The monoisotopic (exact) mass is 350 g/mol. The van der Waals surface area contributed by atoms with Crippen LogP contribution in [0.25, 0.3) is 0 Å². The SMILES string of the molecule is COc1cc(OC)c2c(c1)O[C@@H](c1cc(O)c(O)c(O)c1)C(O)[C@H]2O. The standard InChI is InChI=1S/C17H18O8/c1-23-8-5-11(24-2)13-12(6-8)25-17(16(22)15(13)21)7-3-9(18)14(20)10(19)4-7/h3-6,15-22H,1-2H3/t15-,16?,17-/m0/s1. The van der Waals surface area contributed by atoms with Crippen molar-refractivity contribution in [3.8, 4) is 34.5 Å². The Bertz CT molecular complexity index is 780. The van der Waals surface area contributed by atoms with Crippen LogP contribution in [0.4, 0.5) is 0 Å². The van der Waals surface area contributed by atoms with Crippen molar-refractivity contribution in [2.24, 2.45) is 0 Å². The summed E-state index contributed by atoms with van der Waals surface area (Å²) in [6, 6.07) is 5.35. The minimum atomic E-state index is -1.40. The van der Waals surface area contributed by atoms with E-state index in [9.17, 15) is 25.5 Å². The van der Waals surface area contributed by atoms with E-state index >= 15 is 0 Å². The van der Waals surface area contributed by atoms with Crippen molar-refractivity contribution in [2.45, 2.75) is 18.3 Å². The normalized spacial score (nSPS) is 22.0. The van der Waals surface area contributed by atoms with E-state index in [1.165, 1.54) is 20.3 Å². The fraction of sp³-hybridized carbons (Fsp3) is 0.294. The molecule has 8 heteroatoms. The molecule has 0 spiro atoms. The summed E-state index contributed by atoms with van der Waals surface area (Å²) in [4.78, 5) is 0. The predicted octanol–water partition coefficient (Wildman–Crippen LogP) is 1.35. The summed E-state index contributed by atoms with van der Waals surface area (Å²) in [6.07, 6.45) is -3.84. The van der Waals surface area contributed by atoms with Gasteiger partial charge in [0, 0.05) is 17.7 Å². The molecule has 2 aromatic carbocycles. The molecule has 0 amide bonds. The summed E-state index contributed by atoms with van der Waals surface area (Å²) >= 11 is 0. The number of phenolic OH excluding ortho intramolecular Hbond substituents is 3. The minimum Gasteiger partial charge on any atom is -0.504 e. The molecule has 1 heterocycles. The van der Waals surface area contributed by atoms with Crippen LogP contribution in [0.1, 0.15) is 23.3 Å². The Balaban J connectivity index is 2.10. The summed E-state index contributed by atoms with van der Waals surface area (Å²) in [5.74, 6) is -0.891. The number of aliphatic hydroxyl groups is 2. The van der Waals surface area contributed by atoms with Crippen LogP contribution in [0.3, 0.4) is 0 Å². The lowest BCUT2D eigenvalue weighted by atomic mass is 9.91. The zero-order valence-electron chi connectivity index (χ0n) is 13.5. The molecule has 3 rings (SSSR count). The molecule has 2 aromatic rings. The van der Waals surface area contributed by atoms with Gasteiger partial charge in [-0.05, 0) is 12.1 Å². The first kappa shape index (κ1) is 17.0. The maximum Gasteiger partial charge on any atom is 0.200 e. The summed E-state index contributed by atoms with van der Waals surface area (Å²) < 4.78 is 16.1. The molecule has 0 radical (unpaired) electrons. The molecule has 0 aromatic heterocycles. The molecule has 1 unspecified atom stereocenters. The summed E-state index contributed by atoms with van der Waals surface area (Å²) in [6.45, 7) is 0. The molecule has 25 heavy (non-hydrogen) atoms. The predicted molar refractivity (Wildman–Crippen MR) is 85.3 cm³/mol. The second-order valence-electron chi connectivity index (χ2n) is 5.62. The fourth-order valence-corrected chi connectivity index (χ4v) is 2.85. The number of benzene rings is 2. The van der Waals surface area contributed by atoms with E-state index in [1.807, 2.05) is 0 Å². The van der Waals surface area contributed by atoms with Gasteiger partial charge >= 0.3 is 0 Å². The number of fused-ring (bicyclic) bond motifs is 1. The van der Waals surface area contributed by atoms with Gasteiger partial charge in [0.15, 0.2) is 23.4 Å². The third-order valence-electron chi connectivity index (χ3n) is 4.14. The van der Waals surface area contributed by atoms with Crippen LogP contribution >= 0.6 is 0 Å². The zero-order chi connectivity index (χ0) is 18.3. The molecule has 0 saturated heterocycles. The van der Waals surface area contributed by atoms with Gasteiger partial charge < -0.3 is 39.7 Å². The lowest BCUT2D eigenvalue weighted by Crippen LogP contribution is -2.34. The van der Waals surface area contributed by atoms with Crippen LogP contribution in [-0.2, 0) is 0 Å². The highest BCUT2D eigenvalue weighted by atomic mass is 16.5. The summed E-state index contributed by atoms with van der Waals surface area (Å²) in [5.41, 5.74) is 0.436. The average molecular weight is 350 g/mol. The topological polar surface area (TPSA) is 129 Å². The Kier molecular flexibility index (Phi) is 4.23. The number of aliphatic hydroxyl groups excluding tert-OH is 2. The summed E-state index contributed by atoms with van der Waals surface area (Å²) in [7, 11) is 2.87. The largest absolute Gasteiger partial charge is 0.504 e. The lowest BCUT2D eigenvalue weighted by Gasteiger charge is -2.35. The van der Waals surface area contributed by atoms with Gasteiger partial charge in [-0.2, -0.15) is 0 Å². The highest BCUT2D eigenvalue weighted by Gasteiger charge is 2.40. The van der Waals surface area contributed by atoms with Crippen LogP contribution in [0, 0.1) is 0 Å². The van der Waals surface area contributed by atoms with E-state index < -0.39 is 35.6 Å². The smallest absolute Gasteiger partial charge is 0.200 e. The van der Waals surface area contributed by atoms with E-state index in [0.717, 1.165) is 12.1 Å². The highest BCUT2D eigenvalue weighted by Crippen LogP contribution is 2.48. The first-order valence-electron chi connectivity index (χ1n) is 7.41. The number of rotatable bonds is 3. The van der Waals surface area contributed by atoms with Crippen molar-refractivity contribution >= 4 is 0 Å². The molecule has 0 fully saturated rings. The molecule has 134 valence electrons. The van der Waals surface area contributed by atoms with E-state index in [-0.39, 0.29) is 22.6 Å². The molecule has 1 aliphatic heterocycles. The second-order valence-corrected chi connectivity index (χ2v) is 5.62. The number of hydrogen-bond acceptors (Lipinski definition) is 8. The van der Waals surface area contributed by atoms with Crippen LogP contribution < -0.4 is 14.2 Å². The first-order valence-corrected chi connectivity index (χ1v) is 7.41. The first-order chi connectivity index (χ1) is 11.9. The molecule has 0 bridgehead atoms. The van der Waals surface area contributed by atoms with E-state index in [1.54, 1.807) is 6.07 Å². The van der Waals surface area contributed by atoms with Crippen molar-refractivity contribution < 1.29 is 39.7 Å². The Morgan fingerprint density at radius 1 is 0.920 bits per heavy atom. The van der Waals surface area contributed by atoms with Crippen molar-refractivity contribution in [1.29, 1.82) is 0 Å². The highest BCUT2D eigenvalue weighted by molar-refractivity contribution is 5.55. The Morgan fingerprint density at radius 2 is 1.56 bits per heavy atom. The Hall–Kier alpha value is -2.84. The molecule has 8 nitrogen and oxygen atoms in total. The van der Waals surface area contributed by atoms with Crippen molar-refractivity contribution in [3.05, 3.63) is 35.4 Å². The van der Waals surface area contributed by atoms with E-state index in [2.05, 4.69) is 0 Å². The molecule has 5 N–H and O–H groups in total. The lowest BCUT2D eigenvalue weighted by molar-refractivity contribution is -0.0711. The van der Waals surface area contributed by atoms with Gasteiger partial charge in [0.05, 0.1) is 19.8 Å². The van der Waals surface area contributed by atoms with E-state index in [0.29, 0.717) is 5.75 Å². The molecule has 1 aliphatic rings. The number of methoxy groups -OCH3 is 2. The number of ether oxygens (including phenoxy) is 3. The minimum absolute atomic E-state index is 0.173. The van der Waals surface area contributed by atoms with Crippen LogP contribution in [0.15, 0.2) is 24.3 Å². The number of aromatic hydroxyl groups is 3. The maximum absolute atomic E-state index is 10.5. The fourth-order valence-electron chi connectivity index (χ4n) is 2.85. The van der Waals surface area contributed by atoms with Gasteiger partial charge in [-0.15, -0.1) is 0 Å². The Morgan fingerprint density at radius 3 is 2.12 bits per heavy atom. The van der Waals surface area contributed by atoms with Crippen LogP contribution in [-0.4, -0.2) is 45.9 Å². The molecule has 0 aliphatic carbocycles. The van der Waals surface area contributed by atoms with Crippen molar-refractivity contribution in [2.75, 3.05) is 14.2 Å². The third kappa shape index (κ3) is 2.75. The second kappa shape index (κ2) is 6.23. The molecule has 0 saturated carbocycles. The van der Waals surface area contributed by atoms with Crippen molar-refractivity contribution in [3.63, 3.8) is 0 Å². The summed E-state index contributed by atoms with van der Waals surface area (Å²) in [5, 5.41) is 49.8. The zero-order valence-corrected chi connectivity index (χ0v) is 13.5. The van der Waals surface area contributed by atoms with Gasteiger partial charge in [-0.1, -0.05) is 0 Å². The van der Waals surface area contributed by atoms with Crippen LogP contribution in [0.2, 0.25) is 0 Å². The molecular weight excluding hydrogens is 332 g/mol. The van der Waals surface area contributed by atoms with Gasteiger partial charge in [-0.25, -0.2) is 0 Å². The van der Waals surface area contributed by atoms with Gasteiger partial charge in [-0.3, -0.25) is 0 Å².